The summed E-state index contributed by atoms with van der Waals surface area (Å²) >= 11 is 0. The van der Waals surface area contributed by atoms with Crippen LogP contribution < -0.4 is 11.2 Å². The van der Waals surface area contributed by atoms with Crippen molar-refractivity contribution in [2.24, 2.45) is 0 Å². The summed E-state index contributed by atoms with van der Waals surface area (Å²) in [7, 11) is -3.25. The van der Waals surface area contributed by atoms with Crippen LogP contribution in [0.5, 0.6) is 0 Å². The molecule has 0 spiro atoms. The van der Waals surface area contributed by atoms with E-state index in [2.05, 4.69) is 4.98 Å². The van der Waals surface area contributed by atoms with Gasteiger partial charge in [0.2, 0.25) is 0 Å². The van der Waals surface area contributed by atoms with Crippen LogP contribution in [0, 0.1) is 0 Å². The summed E-state index contributed by atoms with van der Waals surface area (Å²) in [4.78, 5) is 25.4. The Bertz CT molecular complexity index is 934. The van der Waals surface area contributed by atoms with Gasteiger partial charge in [0.1, 0.15) is 6.73 Å². The summed E-state index contributed by atoms with van der Waals surface area (Å²) in [5, 5.41) is 0. The van der Waals surface area contributed by atoms with E-state index in [0.29, 0.717) is 13.0 Å². The normalized spacial score (nSPS) is 13.8. The predicted molar refractivity (Wildman–Crippen MR) is 117 cm³/mol. The van der Waals surface area contributed by atoms with E-state index in [4.69, 9.17) is 18.5 Å². The van der Waals surface area contributed by atoms with Gasteiger partial charge in [0, 0.05) is 12.3 Å². The lowest BCUT2D eigenvalue weighted by Crippen LogP contribution is -2.34. The molecule has 172 valence electrons. The van der Waals surface area contributed by atoms with Crippen LogP contribution in [0.25, 0.3) is 0 Å². The molecule has 0 unspecified atom stereocenters. The molecule has 9 nitrogen and oxygen atoms in total. The highest BCUT2D eigenvalue weighted by Crippen LogP contribution is 2.49. The first-order valence-electron chi connectivity index (χ1n) is 10.3. The van der Waals surface area contributed by atoms with Gasteiger partial charge in [-0.05, 0) is 32.8 Å². The fourth-order valence-corrected chi connectivity index (χ4v) is 4.62. The van der Waals surface area contributed by atoms with Crippen molar-refractivity contribution in [1.82, 2.24) is 9.55 Å². The standard InChI is InChI=1S/C21H31N2O7P/c1-4-29-31(26,30-5-2)14-12-19(17(3)27-15-18-9-7-6-8-10-18)28-16-23-13-11-20(24)22-21(23)25/h6-11,13,17,19H,4-5,12,14-16H2,1-3H3,(H,22,24,25)/t17-,19+/m0/s1. The SMILES string of the molecule is CCOP(=O)(CC[C@@H](OCn1ccc(=O)[nH]c1=O)[C@H](C)OCc1ccccc1)OCC. The van der Waals surface area contributed by atoms with E-state index in [9.17, 15) is 14.2 Å². The molecule has 10 heteroatoms. The zero-order valence-corrected chi connectivity index (χ0v) is 19.1. The molecule has 2 rings (SSSR count). The summed E-state index contributed by atoms with van der Waals surface area (Å²) in [5.41, 5.74) is -0.0376. The average molecular weight is 454 g/mol. The van der Waals surface area contributed by atoms with Gasteiger partial charge in [-0.15, -0.1) is 0 Å². The van der Waals surface area contributed by atoms with Crippen LogP contribution in [0.4, 0.5) is 0 Å². The maximum atomic E-state index is 12.8. The average Bonchev–Trinajstić information content (AvgIpc) is 2.74. The molecule has 0 saturated carbocycles. The zero-order chi connectivity index (χ0) is 22.7. The summed E-state index contributed by atoms with van der Waals surface area (Å²) in [5.74, 6) is 0. The largest absolute Gasteiger partial charge is 0.371 e. The maximum Gasteiger partial charge on any atom is 0.330 e. The van der Waals surface area contributed by atoms with E-state index in [1.54, 1.807) is 13.8 Å². The molecule has 0 aliphatic heterocycles. The Morgan fingerprint density at radius 1 is 1.03 bits per heavy atom. The number of ether oxygens (including phenoxy) is 2. The van der Waals surface area contributed by atoms with E-state index >= 15 is 0 Å². The first-order valence-corrected chi connectivity index (χ1v) is 12.0. The number of aromatic amines is 1. The highest BCUT2D eigenvalue weighted by Gasteiger charge is 2.28. The van der Waals surface area contributed by atoms with E-state index in [0.717, 1.165) is 5.56 Å². The van der Waals surface area contributed by atoms with Crippen molar-refractivity contribution in [3.63, 3.8) is 0 Å². The Labute approximate surface area is 181 Å². The number of hydrogen-bond donors (Lipinski definition) is 1. The van der Waals surface area contributed by atoms with E-state index in [1.807, 2.05) is 37.3 Å². The van der Waals surface area contributed by atoms with Crippen molar-refractivity contribution >= 4 is 7.60 Å². The van der Waals surface area contributed by atoms with Crippen LogP contribution in [-0.4, -0.2) is 41.1 Å². The van der Waals surface area contributed by atoms with Crippen LogP contribution >= 0.6 is 7.60 Å². The molecule has 1 aromatic heterocycles. The van der Waals surface area contributed by atoms with E-state index in [-0.39, 0.29) is 32.2 Å². The molecule has 1 N–H and O–H groups in total. The van der Waals surface area contributed by atoms with Crippen molar-refractivity contribution in [2.75, 3.05) is 19.4 Å². The molecule has 0 aliphatic rings. The topological polar surface area (TPSA) is 109 Å². The number of benzene rings is 1. The van der Waals surface area contributed by atoms with Gasteiger partial charge >= 0.3 is 13.3 Å². The minimum atomic E-state index is -3.25. The third-order valence-electron chi connectivity index (χ3n) is 4.54. The molecule has 0 saturated heterocycles. The van der Waals surface area contributed by atoms with Gasteiger partial charge in [-0.3, -0.25) is 18.9 Å². The van der Waals surface area contributed by atoms with Crippen LogP contribution in [0.3, 0.4) is 0 Å². The third-order valence-corrected chi connectivity index (χ3v) is 6.65. The zero-order valence-electron chi connectivity index (χ0n) is 18.2. The van der Waals surface area contributed by atoms with Crippen LogP contribution in [0.2, 0.25) is 0 Å². The van der Waals surface area contributed by atoms with Crippen molar-refractivity contribution < 1.29 is 23.1 Å². The smallest absolute Gasteiger partial charge is 0.330 e. The molecule has 0 aliphatic carbocycles. The van der Waals surface area contributed by atoms with Crippen molar-refractivity contribution in [3.05, 3.63) is 69.0 Å². The molecule has 0 amide bonds. The molecule has 1 heterocycles. The second-order valence-electron chi connectivity index (χ2n) is 6.87. The number of hydrogen-bond acceptors (Lipinski definition) is 7. The minimum absolute atomic E-state index is 0.0904. The second kappa shape index (κ2) is 12.7. The summed E-state index contributed by atoms with van der Waals surface area (Å²) < 4.78 is 36.7. The number of aromatic nitrogens is 2. The maximum absolute atomic E-state index is 12.8. The van der Waals surface area contributed by atoms with E-state index < -0.39 is 24.9 Å². The fraction of sp³-hybridized carbons (Fsp3) is 0.524. The van der Waals surface area contributed by atoms with Gasteiger partial charge in [0.05, 0.1) is 38.2 Å². The second-order valence-corrected chi connectivity index (χ2v) is 9.06. The van der Waals surface area contributed by atoms with Crippen molar-refractivity contribution in [2.45, 2.75) is 52.7 Å². The lowest BCUT2D eigenvalue weighted by Gasteiger charge is -2.26. The summed E-state index contributed by atoms with van der Waals surface area (Å²) in [6.45, 7) is 6.21. The lowest BCUT2D eigenvalue weighted by atomic mass is 10.1. The fourth-order valence-electron chi connectivity index (χ4n) is 2.93. The van der Waals surface area contributed by atoms with Crippen LogP contribution in [-0.2, 0) is 36.4 Å². The molecule has 0 bridgehead atoms. The molecular weight excluding hydrogens is 423 g/mol. The van der Waals surface area contributed by atoms with Gasteiger partial charge in [-0.25, -0.2) is 4.79 Å². The lowest BCUT2D eigenvalue weighted by molar-refractivity contribution is -0.0932. The number of nitrogens with zero attached hydrogens (tertiary/aromatic N) is 1. The van der Waals surface area contributed by atoms with Crippen molar-refractivity contribution in [3.8, 4) is 0 Å². The van der Waals surface area contributed by atoms with Gasteiger partial charge in [0.15, 0.2) is 0 Å². The van der Waals surface area contributed by atoms with Crippen LogP contribution in [0.1, 0.15) is 32.8 Å². The van der Waals surface area contributed by atoms with Crippen molar-refractivity contribution in [1.29, 1.82) is 0 Å². The predicted octanol–water partition coefficient (Wildman–Crippen LogP) is 3.14. The van der Waals surface area contributed by atoms with Gasteiger partial charge in [0.25, 0.3) is 5.56 Å². The monoisotopic (exact) mass is 454 g/mol. The highest BCUT2D eigenvalue weighted by atomic mass is 31.2. The highest BCUT2D eigenvalue weighted by molar-refractivity contribution is 7.53. The van der Waals surface area contributed by atoms with Crippen LogP contribution in [0.15, 0.2) is 52.2 Å². The Hall–Kier alpha value is -2.03. The molecule has 0 fully saturated rings. The number of rotatable bonds is 14. The third kappa shape index (κ3) is 8.55. The molecule has 31 heavy (non-hydrogen) atoms. The quantitative estimate of drug-likeness (QED) is 0.437. The Balaban J connectivity index is 2.07. The van der Waals surface area contributed by atoms with Gasteiger partial charge < -0.3 is 18.5 Å². The minimum Gasteiger partial charge on any atom is -0.371 e. The molecule has 1 aromatic carbocycles. The Morgan fingerprint density at radius 3 is 2.32 bits per heavy atom. The number of H-pyrrole nitrogens is 1. The first-order chi connectivity index (χ1) is 14.9. The molecular formula is C21H31N2O7P. The van der Waals surface area contributed by atoms with Gasteiger partial charge in [-0.2, -0.15) is 0 Å². The van der Waals surface area contributed by atoms with Gasteiger partial charge in [-0.1, -0.05) is 30.3 Å². The summed E-state index contributed by atoms with van der Waals surface area (Å²) in [6, 6.07) is 11.0. The first kappa shape index (κ1) is 25.2. The number of nitrogens with one attached hydrogen (secondary N) is 1. The Morgan fingerprint density at radius 2 is 1.71 bits per heavy atom. The molecule has 2 atom stereocenters. The molecule has 0 radical (unpaired) electrons. The molecule has 2 aromatic rings. The van der Waals surface area contributed by atoms with E-state index in [1.165, 1.54) is 16.8 Å². The summed E-state index contributed by atoms with van der Waals surface area (Å²) in [6.07, 6.45) is 0.996. The Kier molecular flexibility index (Phi) is 10.4.